The van der Waals surface area contributed by atoms with Gasteiger partial charge >= 0.3 is 12.1 Å². The molecule has 1 aromatic rings. The fraction of sp³-hybridized carbons (Fsp3) is 0.593. The molecule has 2 rings (SSSR count). The van der Waals surface area contributed by atoms with Crippen molar-refractivity contribution in [1.29, 1.82) is 0 Å². The molecule has 0 aromatic heterocycles. The molecule has 13 heteroatoms. The van der Waals surface area contributed by atoms with Crippen LogP contribution < -0.4 is 5.32 Å². The van der Waals surface area contributed by atoms with E-state index in [1.807, 2.05) is 0 Å². The number of nitrogens with zero attached hydrogens (tertiary/aromatic N) is 3. The summed E-state index contributed by atoms with van der Waals surface area (Å²) < 4.78 is 46.2. The average Bonchev–Trinajstić information content (AvgIpc) is 3.39. The van der Waals surface area contributed by atoms with Gasteiger partial charge in [0.25, 0.3) is 5.90 Å². The van der Waals surface area contributed by atoms with E-state index in [1.165, 1.54) is 25.8 Å². The first-order chi connectivity index (χ1) is 18.5. The number of hydrogen-bond donors (Lipinski definition) is 2. The van der Waals surface area contributed by atoms with Crippen LogP contribution >= 0.6 is 0 Å². The highest BCUT2D eigenvalue weighted by atomic mass is 19.4. The van der Waals surface area contributed by atoms with Gasteiger partial charge in [0.2, 0.25) is 17.7 Å². The number of likely N-dealkylation sites (N-methyl/N-ethyl adjacent to an activating group) is 1. The van der Waals surface area contributed by atoms with Crippen LogP contribution in [0.4, 0.5) is 13.2 Å². The summed E-state index contributed by atoms with van der Waals surface area (Å²) in [5.74, 6) is -5.69. The fourth-order valence-electron chi connectivity index (χ4n) is 4.48. The molecule has 1 aliphatic heterocycles. The fourth-order valence-corrected chi connectivity index (χ4v) is 4.48. The average molecular weight is 571 g/mol. The normalized spacial score (nSPS) is 15.9. The Morgan fingerprint density at radius 2 is 1.68 bits per heavy atom. The number of carbonyl (C=O) groups excluding carboxylic acids is 3. The van der Waals surface area contributed by atoms with Crippen molar-refractivity contribution in [2.24, 2.45) is 10.9 Å². The number of aliphatic carboxylic acids is 1. The predicted molar refractivity (Wildman–Crippen MR) is 140 cm³/mol. The molecule has 0 radical (unpaired) electrons. The highest BCUT2D eigenvalue weighted by Crippen LogP contribution is 2.25. The molecule has 2 atom stereocenters. The zero-order valence-electron chi connectivity index (χ0n) is 23.3. The van der Waals surface area contributed by atoms with E-state index in [0.717, 1.165) is 17.7 Å². The molecule has 2 N–H and O–H groups in total. The molecule has 1 fully saturated rings. The number of hydrogen-bond acceptors (Lipinski definition) is 6. The summed E-state index contributed by atoms with van der Waals surface area (Å²) in [6.45, 7) is 6.03. The largest absolute Gasteiger partial charge is 0.481 e. The maximum Gasteiger partial charge on any atom is 0.468 e. The second-order valence-electron chi connectivity index (χ2n) is 10.5. The highest BCUT2D eigenvalue weighted by molar-refractivity contribution is 5.96. The first kappa shape index (κ1) is 32.6. The van der Waals surface area contributed by atoms with Gasteiger partial charge in [-0.1, -0.05) is 44.2 Å². The van der Waals surface area contributed by atoms with E-state index in [9.17, 15) is 37.5 Å². The van der Waals surface area contributed by atoms with Gasteiger partial charge in [0, 0.05) is 20.1 Å². The van der Waals surface area contributed by atoms with E-state index >= 15 is 0 Å². The number of ether oxygens (including phenoxy) is 1. The minimum Gasteiger partial charge on any atom is -0.481 e. The Labute approximate surface area is 231 Å². The topological polar surface area (TPSA) is 129 Å². The van der Waals surface area contributed by atoms with Gasteiger partial charge in [0.1, 0.15) is 24.2 Å². The Morgan fingerprint density at radius 1 is 1.10 bits per heavy atom. The second-order valence-corrected chi connectivity index (χ2v) is 10.5. The van der Waals surface area contributed by atoms with Crippen molar-refractivity contribution < 1.29 is 42.2 Å². The third-order valence-corrected chi connectivity index (χ3v) is 6.41. The molecule has 0 aliphatic carbocycles. The molecule has 1 saturated heterocycles. The van der Waals surface area contributed by atoms with E-state index in [2.05, 4.69) is 10.3 Å². The molecule has 0 spiro atoms. The van der Waals surface area contributed by atoms with Crippen molar-refractivity contribution >= 4 is 29.6 Å². The Kier molecular flexibility index (Phi) is 11.1. The van der Waals surface area contributed by atoms with Crippen LogP contribution in [0.3, 0.4) is 0 Å². The zero-order valence-corrected chi connectivity index (χ0v) is 23.3. The van der Waals surface area contributed by atoms with Gasteiger partial charge in [0.05, 0.1) is 6.42 Å². The molecular weight excluding hydrogens is 533 g/mol. The number of halogens is 3. The number of amides is 3. The number of carbonyl (C=O) groups is 4. The maximum absolute atomic E-state index is 13.8. The summed E-state index contributed by atoms with van der Waals surface area (Å²) in [4.78, 5) is 57.0. The molecule has 10 nitrogen and oxygen atoms in total. The molecule has 1 aliphatic rings. The Balaban J connectivity index is 2.27. The van der Waals surface area contributed by atoms with Crippen LogP contribution in [0.1, 0.15) is 52.5 Å². The molecule has 1 heterocycles. The van der Waals surface area contributed by atoms with E-state index < -0.39 is 72.3 Å². The molecule has 0 bridgehead atoms. The standard InChI is InChI=1S/C27H37F3N4O6/c1-17(2)21(22(37)31-19(15-20(35)36)23(38)34-13-9-10-14-34)33(5)25(39)26(3,4)32-24(27(28,29)30)40-16-18-11-7-6-8-12-18/h6-8,11-12,17,19,21H,9-10,13-16H2,1-5H3,(H,31,37)(H,35,36)/b32-24-/t19-,21-/m0/s1. The van der Waals surface area contributed by atoms with Gasteiger partial charge in [0.15, 0.2) is 0 Å². The zero-order chi connectivity index (χ0) is 30.3. The summed E-state index contributed by atoms with van der Waals surface area (Å²) in [7, 11) is 1.25. The maximum atomic E-state index is 13.8. The lowest BCUT2D eigenvalue weighted by molar-refractivity contribution is -0.147. The van der Waals surface area contributed by atoms with Crippen LogP contribution in [0.5, 0.6) is 0 Å². The van der Waals surface area contributed by atoms with Crippen molar-refractivity contribution in [2.75, 3.05) is 20.1 Å². The van der Waals surface area contributed by atoms with Crippen molar-refractivity contribution in [2.45, 2.75) is 77.4 Å². The molecule has 0 saturated carbocycles. The van der Waals surface area contributed by atoms with Gasteiger partial charge in [-0.2, -0.15) is 13.2 Å². The smallest absolute Gasteiger partial charge is 0.468 e. The molecule has 3 amide bonds. The van der Waals surface area contributed by atoms with Crippen molar-refractivity contribution in [3.8, 4) is 0 Å². The Hall–Kier alpha value is -3.64. The number of rotatable bonds is 11. The third kappa shape index (κ3) is 8.95. The predicted octanol–water partition coefficient (Wildman–Crippen LogP) is 3.01. The number of aliphatic imine (C=N–C) groups is 1. The van der Waals surface area contributed by atoms with E-state index in [-0.39, 0.29) is 0 Å². The molecular formula is C27H37F3N4O6. The number of benzene rings is 1. The summed E-state index contributed by atoms with van der Waals surface area (Å²) in [6.07, 6.45) is -4.13. The molecule has 40 heavy (non-hydrogen) atoms. The first-order valence-electron chi connectivity index (χ1n) is 13.0. The van der Waals surface area contributed by atoms with E-state index in [4.69, 9.17) is 4.74 Å². The number of carboxylic acid groups (broad SMARTS) is 1. The lowest BCUT2D eigenvalue weighted by Gasteiger charge is -2.35. The van der Waals surface area contributed by atoms with Gasteiger partial charge in [-0.25, -0.2) is 4.99 Å². The van der Waals surface area contributed by atoms with Crippen molar-refractivity contribution in [3.63, 3.8) is 0 Å². The van der Waals surface area contributed by atoms with Gasteiger partial charge in [-0.3, -0.25) is 19.2 Å². The highest BCUT2D eigenvalue weighted by Gasteiger charge is 2.44. The van der Waals surface area contributed by atoms with Gasteiger partial charge in [-0.05, 0) is 38.2 Å². The summed E-state index contributed by atoms with van der Waals surface area (Å²) in [5.41, 5.74) is -1.52. The minimum absolute atomic E-state index is 0.424. The lowest BCUT2D eigenvalue weighted by Crippen LogP contribution is -2.58. The lowest BCUT2D eigenvalue weighted by atomic mass is 9.97. The minimum atomic E-state index is -4.99. The summed E-state index contributed by atoms with van der Waals surface area (Å²) in [6, 6.07) is 5.55. The monoisotopic (exact) mass is 570 g/mol. The van der Waals surface area contributed by atoms with E-state index in [1.54, 1.807) is 44.2 Å². The third-order valence-electron chi connectivity index (χ3n) is 6.41. The van der Waals surface area contributed by atoms with Gasteiger partial charge < -0.3 is 25.0 Å². The van der Waals surface area contributed by atoms with Crippen molar-refractivity contribution in [3.05, 3.63) is 35.9 Å². The number of nitrogens with one attached hydrogen (secondary N) is 1. The van der Waals surface area contributed by atoms with Crippen LogP contribution in [-0.4, -0.2) is 88.4 Å². The van der Waals surface area contributed by atoms with Crippen LogP contribution in [0.25, 0.3) is 0 Å². The summed E-state index contributed by atoms with van der Waals surface area (Å²) >= 11 is 0. The number of alkyl halides is 3. The SMILES string of the molecule is CC(C)[C@@H](C(=O)N[C@@H](CC(=O)O)C(=O)N1CCCC1)N(C)C(=O)C(C)(C)/N=C(\OCc1ccccc1)C(F)(F)F. The van der Waals surface area contributed by atoms with Gasteiger partial charge in [-0.15, -0.1) is 0 Å². The molecule has 1 aromatic carbocycles. The molecule has 222 valence electrons. The number of likely N-dealkylation sites (tertiary alicyclic amines) is 1. The molecule has 0 unspecified atom stereocenters. The quantitative estimate of drug-likeness (QED) is 0.311. The van der Waals surface area contributed by atoms with Crippen molar-refractivity contribution in [1.82, 2.24) is 15.1 Å². The summed E-state index contributed by atoms with van der Waals surface area (Å²) in [5, 5.41) is 11.8. The number of carboxylic acids is 1. The van der Waals surface area contributed by atoms with Crippen LogP contribution in [-0.2, 0) is 30.5 Å². The van der Waals surface area contributed by atoms with Crippen LogP contribution in [0, 0.1) is 5.92 Å². The van der Waals surface area contributed by atoms with Crippen LogP contribution in [0.15, 0.2) is 35.3 Å². The Bertz CT molecular complexity index is 1090. The first-order valence-corrected chi connectivity index (χ1v) is 13.0. The Morgan fingerprint density at radius 3 is 2.17 bits per heavy atom. The van der Waals surface area contributed by atoms with E-state index in [0.29, 0.717) is 18.7 Å². The van der Waals surface area contributed by atoms with Crippen LogP contribution in [0.2, 0.25) is 0 Å². The second kappa shape index (κ2) is 13.6.